The van der Waals surface area contributed by atoms with Crippen molar-refractivity contribution >= 4 is 17.5 Å². The highest BCUT2D eigenvalue weighted by molar-refractivity contribution is 6.17. The fourth-order valence-electron chi connectivity index (χ4n) is 1.64. The van der Waals surface area contributed by atoms with Crippen molar-refractivity contribution in [3.8, 4) is 0 Å². The monoisotopic (exact) mass is 275 g/mol. The molecule has 2 nitrogen and oxygen atoms in total. The molecule has 0 spiro atoms. The van der Waals surface area contributed by atoms with E-state index in [1.165, 1.54) is 4.90 Å². The van der Waals surface area contributed by atoms with Crippen LogP contribution < -0.4 is 0 Å². The number of alkyl halides is 1. The van der Waals surface area contributed by atoms with Gasteiger partial charge in [0.2, 0.25) is 0 Å². The van der Waals surface area contributed by atoms with Crippen LogP contribution in [0.15, 0.2) is 18.2 Å². The molecule has 0 aliphatic rings. The summed E-state index contributed by atoms with van der Waals surface area (Å²) in [4.78, 5) is 13.6. The highest BCUT2D eigenvalue weighted by atomic mass is 35.5. The second-order valence-electron chi connectivity index (χ2n) is 4.26. The molecule has 0 fully saturated rings. The highest BCUT2D eigenvalue weighted by Crippen LogP contribution is 2.14. The quantitative estimate of drug-likeness (QED) is 0.754. The van der Waals surface area contributed by atoms with E-state index in [0.29, 0.717) is 18.8 Å². The molecule has 1 rings (SSSR count). The van der Waals surface area contributed by atoms with E-state index in [0.717, 1.165) is 18.2 Å². The summed E-state index contributed by atoms with van der Waals surface area (Å²) in [5.41, 5.74) is -0.238. The molecule has 0 unspecified atom stereocenters. The normalized spacial score (nSPS) is 10.8. The number of carbonyl (C=O) groups excluding carboxylic acids is 1. The Morgan fingerprint density at radius 2 is 2.06 bits per heavy atom. The lowest BCUT2D eigenvalue weighted by Crippen LogP contribution is -2.38. The fraction of sp³-hybridized carbons (Fsp3) is 0.462. The van der Waals surface area contributed by atoms with Gasteiger partial charge in [-0.15, -0.1) is 11.6 Å². The van der Waals surface area contributed by atoms with E-state index in [9.17, 15) is 13.6 Å². The first-order valence-corrected chi connectivity index (χ1v) is 6.32. The van der Waals surface area contributed by atoms with Gasteiger partial charge < -0.3 is 4.90 Å². The standard InChI is InChI=1S/C13H16ClF2NO/c1-9(2)17(7-3-6-14)13(18)11-8-10(15)4-5-12(11)16/h4-5,8-9H,3,6-7H2,1-2H3. The van der Waals surface area contributed by atoms with Crippen molar-refractivity contribution in [1.82, 2.24) is 4.90 Å². The summed E-state index contributed by atoms with van der Waals surface area (Å²) in [5, 5.41) is 0. The summed E-state index contributed by atoms with van der Waals surface area (Å²) in [6.45, 7) is 4.07. The smallest absolute Gasteiger partial charge is 0.257 e. The van der Waals surface area contributed by atoms with Crippen LogP contribution in [-0.2, 0) is 0 Å². The van der Waals surface area contributed by atoms with Crippen LogP contribution in [0, 0.1) is 11.6 Å². The van der Waals surface area contributed by atoms with Crippen molar-refractivity contribution in [1.29, 1.82) is 0 Å². The van der Waals surface area contributed by atoms with Crippen LogP contribution in [0.5, 0.6) is 0 Å². The molecule has 1 amide bonds. The van der Waals surface area contributed by atoms with Gasteiger partial charge in [-0.2, -0.15) is 0 Å². The largest absolute Gasteiger partial charge is 0.336 e. The van der Waals surface area contributed by atoms with E-state index in [4.69, 9.17) is 11.6 Å². The minimum Gasteiger partial charge on any atom is -0.336 e. The van der Waals surface area contributed by atoms with E-state index in [1.54, 1.807) is 0 Å². The van der Waals surface area contributed by atoms with Crippen LogP contribution in [0.1, 0.15) is 30.6 Å². The van der Waals surface area contributed by atoms with Crippen molar-refractivity contribution in [3.63, 3.8) is 0 Å². The lowest BCUT2D eigenvalue weighted by Gasteiger charge is -2.26. The Hall–Kier alpha value is -1.16. The molecule has 1 aromatic carbocycles. The molecule has 5 heteroatoms. The zero-order valence-corrected chi connectivity index (χ0v) is 11.2. The van der Waals surface area contributed by atoms with Crippen LogP contribution in [0.4, 0.5) is 8.78 Å². The first-order chi connectivity index (χ1) is 8.47. The molecule has 0 aromatic heterocycles. The molecular weight excluding hydrogens is 260 g/mol. The van der Waals surface area contributed by atoms with Crippen molar-refractivity contribution in [2.75, 3.05) is 12.4 Å². The van der Waals surface area contributed by atoms with E-state index >= 15 is 0 Å². The summed E-state index contributed by atoms with van der Waals surface area (Å²) < 4.78 is 26.6. The van der Waals surface area contributed by atoms with Crippen LogP contribution in [0.25, 0.3) is 0 Å². The number of rotatable bonds is 5. The average Bonchev–Trinajstić information content (AvgIpc) is 2.32. The Bertz CT molecular complexity index is 423. The molecular formula is C13H16ClF2NO. The third-order valence-corrected chi connectivity index (χ3v) is 2.84. The topological polar surface area (TPSA) is 20.3 Å². The van der Waals surface area contributed by atoms with Gasteiger partial charge in [0.05, 0.1) is 5.56 Å². The molecule has 0 bridgehead atoms. The maximum atomic E-state index is 13.5. The lowest BCUT2D eigenvalue weighted by atomic mass is 10.1. The number of hydrogen-bond donors (Lipinski definition) is 0. The Labute approximate surface area is 111 Å². The van der Waals surface area contributed by atoms with Crippen LogP contribution >= 0.6 is 11.6 Å². The van der Waals surface area contributed by atoms with Gasteiger partial charge in [-0.1, -0.05) is 0 Å². The lowest BCUT2D eigenvalue weighted by molar-refractivity contribution is 0.0701. The fourth-order valence-corrected chi connectivity index (χ4v) is 1.76. The second kappa shape index (κ2) is 6.69. The Kier molecular flexibility index (Phi) is 5.54. The first kappa shape index (κ1) is 14.9. The van der Waals surface area contributed by atoms with Crippen molar-refractivity contribution in [2.24, 2.45) is 0 Å². The van der Waals surface area contributed by atoms with Gasteiger partial charge in [0.25, 0.3) is 5.91 Å². The number of carbonyl (C=O) groups is 1. The van der Waals surface area contributed by atoms with Crippen LogP contribution in [-0.4, -0.2) is 29.3 Å². The van der Waals surface area contributed by atoms with Gasteiger partial charge in [-0.25, -0.2) is 8.78 Å². The number of benzene rings is 1. The van der Waals surface area contributed by atoms with E-state index in [2.05, 4.69) is 0 Å². The van der Waals surface area contributed by atoms with E-state index < -0.39 is 17.5 Å². The maximum absolute atomic E-state index is 13.5. The summed E-state index contributed by atoms with van der Waals surface area (Å²) in [6, 6.07) is 2.78. The zero-order chi connectivity index (χ0) is 13.7. The minimum absolute atomic E-state index is 0.0941. The van der Waals surface area contributed by atoms with Crippen molar-refractivity contribution in [2.45, 2.75) is 26.3 Å². The molecule has 0 aliphatic carbocycles. The Balaban J connectivity index is 2.98. The van der Waals surface area contributed by atoms with Crippen LogP contribution in [0.3, 0.4) is 0 Å². The highest BCUT2D eigenvalue weighted by Gasteiger charge is 2.21. The molecule has 0 N–H and O–H groups in total. The van der Waals surface area contributed by atoms with Gasteiger partial charge in [0.15, 0.2) is 0 Å². The minimum atomic E-state index is -0.710. The number of amides is 1. The number of hydrogen-bond acceptors (Lipinski definition) is 1. The summed E-state index contributed by atoms with van der Waals surface area (Å²) in [5.74, 6) is -1.42. The predicted molar refractivity (Wildman–Crippen MR) is 67.9 cm³/mol. The second-order valence-corrected chi connectivity index (χ2v) is 4.64. The molecule has 1 aromatic rings. The maximum Gasteiger partial charge on any atom is 0.257 e. The SMILES string of the molecule is CC(C)N(CCCCl)C(=O)c1cc(F)ccc1F. The zero-order valence-electron chi connectivity index (χ0n) is 10.4. The van der Waals surface area contributed by atoms with E-state index in [-0.39, 0.29) is 11.6 Å². The third-order valence-electron chi connectivity index (χ3n) is 2.58. The molecule has 0 atom stereocenters. The Morgan fingerprint density at radius 3 is 2.61 bits per heavy atom. The molecule has 0 heterocycles. The van der Waals surface area contributed by atoms with Gasteiger partial charge in [0.1, 0.15) is 11.6 Å². The number of halogens is 3. The summed E-state index contributed by atoms with van der Waals surface area (Å²) in [6.07, 6.45) is 0.614. The third kappa shape index (κ3) is 3.67. The Morgan fingerprint density at radius 1 is 1.39 bits per heavy atom. The van der Waals surface area contributed by atoms with Crippen LogP contribution in [0.2, 0.25) is 0 Å². The summed E-state index contributed by atoms with van der Waals surface area (Å²) in [7, 11) is 0. The molecule has 0 saturated heterocycles. The molecule has 0 aliphatic heterocycles. The van der Waals surface area contributed by atoms with Gasteiger partial charge in [-0.05, 0) is 38.5 Å². The predicted octanol–water partition coefficient (Wildman–Crippen LogP) is 3.44. The summed E-state index contributed by atoms with van der Waals surface area (Å²) >= 11 is 5.59. The molecule has 0 radical (unpaired) electrons. The van der Waals surface area contributed by atoms with Gasteiger partial charge >= 0.3 is 0 Å². The average molecular weight is 276 g/mol. The molecule has 100 valence electrons. The molecule has 18 heavy (non-hydrogen) atoms. The van der Waals surface area contributed by atoms with Gasteiger partial charge in [0, 0.05) is 18.5 Å². The van der Waals surface area contributed by atoms with Crippen molar-refractivity contribution < 1.29 is 13.6 Å². The first-order valence-electron chi connectivity index (χ1n) is 5.79. The van der Waals surface area contributed by atoms with Crippen molar-refractivity contribution in [3.05, 3.63) is 35.4 Å². The van der Waals surface area contributed by atoms with E-state index in [1.807, 2.05) is 13.8 Å². The molecule has 0 saturated carbocycles. The van der Waals surface area contributed by atoms with Gasteiger partial charge in [-0.3, -0.25) is 4.79 Å². The number of nitrogens with zero attached hydrogens (tertiary/aromatic N) is 1.